The fraction of sp³-hybridized carbons (Fsp3) is 0.214. The molecule has 1 aromatic heterocycles. The minimum atomic E-state index is -0.410. The standard InChI is InChI=1S/C14H14FN3O2/c1-17(2)12-7-14(20)18(16-8-12)9-13(19)10-3-5-11(15)6-4-10/h3-8H,9H2,1-2H3. The molecule has 0 N–H and O–H groups in total. The number of carbonyl (C=O) groups excluding carboxylic acids is 1. The molecule has 0 spiro atoms. The highest BCUT2D eigenvalue weighted by atomic mass is 19.1. The van der Waals surface area contributed by atoms with Crippen LogP contribution in [0.2, 0.25) is 0 Å². The van der Waals surface area contributed by atoms with Crippen LogP contribution in [0.15, 0.2) is 41.3 Å². The van der Waals surface area contributed by atoms with Gasteiger partial charge in [-0.25, -0.2) is 9.07 Å². The topological polar surface area (TPSA) is 55.2 Å². The van der Waals surface area contributed by atoms with E-state index in [4.69, 9.17) is 0 Å². The molecule has 2 aromatic rings. The first-order valence-electron chi connectivity index (χ1n) is 6.00. The van der Waals surface area contributed by atoms with Crippen molar-refractivity contribution in [2.24, 2.45) is 0 Å². The van der Waals surface area contributed by atoms with Gasteiger partial charge in [-0.2, -0.15) is 5.10 Å². The predicted octanol–water partition coefficient (Wildman–Crippen LogP) is 1.33. The summed E-state index contributed by atoms with van der Waals surface area (Å²) in [5, 5.41) is 3.95. The third kappa shape index (κ3) is 3.09. The van der Waals surface area contributed by atoms with E-state index in [0.29, 0.717) is 11.3 Å². The van der Waals surface area contributed by atoms with Gasteiger partial charge in [-0.05, 0) is 24.3 Å². The predicted molar refractivity (Wildman–Crippen MR) is 73.6 cm³/mol. The average Bonchev–Trinajstić information content (AvgIpc) is 2.41. The summed E-state index contributed by atoms with van der Waals surface area (Å²) >= 11 is 0. The molecule has 0 unspecified atom stereocenters. The Hall–Kier alpha value is -2.50. The SMILES string of the molecule is CN(C)c1cnn(CC(=O)c2ccc(F)cc2)c(=O)c1. The molecule has 1 aromatic carbocycles. The summed E-state index contributed by atoms with van der Waals surface area (Å²) in [5.74, 6) is -0.704. The fourth-order valence-electron chi connectivity index (χ4n) is 1.65. The molecule has 0 radical (unpaired) electrons. The second kappa shape index (κ2) is 5.64. The van der Waals surface area contributed by atoms with Crippen LogP contribution in [0.1, 0.15) is 10.4 Å². The van der Waals surface area contributed by atoms with Crippen LogP contribution in [0.4, 0.5) is 10.1 Å². The van der Waals surface area contributed by atoms with Crippen LogP contribution in [0.5, 0.6) is 0 Å². The number of nitrogens with zero attached hydrogens (tertiary/aromatic N) is 3. The van der Waals surface area contributed by atoms with E-state index in [0.717, 1.165) is 4.68 Å². The highest BCUT2D eigenvalue weighted by molar-refractivity contribution is 5.95. The van der Waals surface area contributed by atoms with Gasteiger partial charge in [0.2, 0.25) is 0 Å². The van der Waals surface area contributed by atoms with Crippen molar-refractivity contribution in [2.45, 2.75) is 6.54 Å². The molecule has 6 heteroatoms. The molecular weight excluding hydrogens is 261 g/mol. The third-order valence-electron chi connectivity index (χ3n) is 2.83. The molecule has 0 aliphatic heterocycles. The number of Topliss-reactive ketones (excluding diaryl/α,β-unsaturated/α-hetero) is 1. The van der Waals surface area contributed by atoms with E-state index in [1.807, 2.05) is 0 Å². The summed E-state index contributed by atoms with van der Waals surface area (Å²) in [6.45, 7) is -0.168. The Morgan fingerprint density at radius 2 is 1.95 bits per heavy atom. The summed E-state index contributed by atoms with van der Waals surface area (Å²) in [6.07, 6.45) is 1.51. The largest absolute Gasteiger partial charge is 0.376 e. The second-order valence-electron chi connectivity index (χ2n) is 4.53. The number of anilines is 1. The van der Waals surface area contributed by atoms with Crippen molar-refractivity contribution in [3.63, 3.8) is 0 Å². The lowest BCUT2D eigenvalue weighted by Gasteiger charge is -2.12. The first-order valence-corrected chi connectivity index (χ1v) is 6.00. The Bertz CT molecular complexity index is 678. The van der Waals surface area contributed by atoms with E-state index in [1.54, 1.807) is 19.0 Å². The van der Waals surface area contributed by atoms with Gasteiger partial charge in [0, 0.05) is 25.7 Å². The Morgan fingerprint density at radius 3 is 2.50 bits per heavy atom. The van der Waals surface area contributed by atoms with Gasteiger partial charge in [0.1, 0.15) is 12.4 Å². The van der Waals surface area contributed by atoms with Crippen LogP contribution in [-0.2, 0) is 6.54 Å². The molecular formula is C14H14FN3O2. The molecule has 0 aliphatic carbocycles. The van der Waals surface area contributed by atoms with Crippen molar-refractivity contribution in [2.75, 3.05) is 19.0 Å². The van der Waals surface area contributed by atoms with Gasteiger partial charge in [0.05, 0.1) is 11.9 Å². The Labute approximate surface area is 115 Å². The van der Waals surface area contributed by atoms with E-state index in [1.165, 1.54) is 36.5 Å². The highest BCUT2D eigenvalue weighted by Gasteiger charge is 2.09. The van der Waals surface area contributed by atoms with Crippen molar-refractivity contribution in [3.05, 3.63) is 58.3 Å². The molecule has 0 amide bonds. The number of benzene rings is 1. The lowest BCUT2D eigenvalue weighted by Crippen LogP contribution is -2.27. The Balaban J connectivity index is 2.20. The first-order chi connectivity index (χ1) is 9.47. The molecule has 0 bridgehead atoms. The quantitative estimate of drug-likeness (QED) is 0.790. The van der Waals surface area contributed by atoms with E-state index in [-0.39, 0.29) is 17.9 Å². The zero-order valence-corrected chi connectivity index (χ0v) is 11.2. The Kier molecular flexibility index (Phi) is 3.93. The lowest BCUT2D eigenvalue weighted by molar-refractivity contribution is 0.0965. The van der Waals surface area contributed by atoms with Gasteiger partial charge in [-0.1, -0.05) is 0 Å². The van der Waals surface area contributed by atoms with Gasteiger partial charge in [-0.15, -0.1) is 0 Å². The first kappa shape index (κ1) is 13.9. The van der Waals surface area contributed by atoms with E-state index >= 15 is 0 Å². The van der Waals surface area contributed by atoms with E-state index in [9.17, 15) is 14.0 Å². The molecule has 0 fully saturated rings. The molecule has 0 atom stereocenters. The normalized spacial score (nSPS) is 10.3. The van der Waals surface area contributed by atoms with Crippen LogP contribution >= 0.6 is 0 Å². The number of hydrogen-bond donors (Lipinski definition) is 0. The summed E-state index contributed by atoms with van der Waals surface area (Å²) in [5.41, 5.74) is 0.656. The van der Waals surface area contributed by atoms with Gasteiger partial charge < -0.3 is 4.90 Å². The minimum Gasteiger partial charge on any atom is -0.376 e. The van der Waals surface area contributed by atoms with E-state index < -0.39 is 5.82 Å². The molecule has 20 heavy (non-hydrogen) atoms. The van der Waals surface area contributed by atoms with Crippen molar-refractivity contribution < 1.29 is 9.18 Å². The van der Waals surface area contributed by atoms with E-state index in [2.05, 4.69) is 5.10 Å². The van der Waals surface area contributed by atoms with Gasteiger partial charge in [-0.3, -0.25) is 9.59 Å². The summed E-state index contributed by atoms with van der Waals surface area (Å²) in [7, 11) is 3.59. The maximum Gasteiger partial charge on any atom is 0.269 e. The van der Waals surface area contributed by atoms with Crippen LogP contribution in [0.3, 0.4) is 0 Å². The zero-order valence-electron chi connectivity index (χ0n) is 11.2. The Morgan fingerprint density at radius 1 is 1.30 bits per heavy atom. The fourth-order valence-corrected chi connectivity index (χ4v) is 1.65. The van der Waals surface area contributed by atoms with Gasteiger partial charge >= 0.3 is 0 Å². The third-order valence-corrected chi connectivity index (χ3v) is 2.83. The molecule has 0 saturated carbocycles. The smallest absolute Gasteiger partial charge is 0.269 e. The molecule has 2 rings (SSSR count). The zero-order chi connectivity index (χ0) is 14.7. The highest BCUT2D eigenvalue weighted by Crippen LogP contribution is 2.06. The number of aromatic nitrogens is 2. The number of ketones is 1. The average molecular weight is 275 g/mol. The monoisotopic (exact) mass is 275 g/mol. The molecule has 0 saturated heterocycles. The minimum absolute atomic E-state index is 0.168. The van der Waals surface area contributed by atoms with Gasteiger partial charge in [0.15, 0.2) is 5.78 Å². The van der Waals surface area contributed by atoms with Crippen molar-refractivity contribution in [1.29, 1.82) is 0 Å². The van der Waals surface area contributed by atoms with Crippen molar-refractivity contribution in [3.8, 4) is 0 Å². The van der Waals surface area contributed by atoms with Crippen LogP contribution in [-0.4, -0.2) is 29.7 Å². The molecule has 104 valence electrons. The molecule has 5 nitrogen and oxygen atoms in total. The van der Waals surface area contributed by atoms with Crippen LogP contribution in [0.25, 0.3) is 0 Å². The number of rotatable bonds is 4. The van der Waals surface area contributed by atoms with Crippen LogP contribution < -0.4 is 10.5 Å². The van der Waals surface area contributed by atoms with Gasteiger partial charge in [0.25, 0.3) is 5.56 Å². The number of hydrogen-bond acceptors (Lipinski definition) is 4. The van der Waals surface area contributed by atoms with Crippen LogP contribution in [0, 0.1) is 5.82 Å². The second-order valence-corrected chi connectivity index (χ2v) is 4.53. The maximum absolute atomic E-state index is 12.8. The number of carbonyl (C=O) groups is 1. The summed E-state index contributed by atoms with van der Waals surface area (Å²) in [4.78, 5) is 25.5. The summed E-state index contributed by atoms with van der Waals surface area (Å²) in [6, 6.07) is 6.59. The maximum atomic E-state index is 12.8. The van der Waals surface area contributed by atoms with Crippen molar-refractivity contribution in [1.82, 2.24) is 9.78 Å². The number of halogens is 1. The molecule has 1 heterocycles. The molecule has 0 aliphatic rings. The summed E-state index contributed by atoms with van der Waals surface area (Å²) < 4.78 is 13.9. The van der Waals surface area contributed by atoms with Crippen molar-refractivity contribution >= 4 is 11.5 Å². The lowest BCUT2D eigenvalue weighted by atomic mass is 10.1.